The van der Waals surface area contributed by atoms with E-state index in [0.717, 1.165) is 53.8 Å². The Morgan fingerprint density at radius 2 is 1.86 bits per heavy atom. The van der Waals surface area contributed by atoms with E-state index < -0.39 is 0 Å². The molecule has 0 unspecified atom stereocenters. The molecule has 1 N–H and O–H groups in total. The summed E-state index contributed by atoms with van der Waals surface area (Å²) in [5.74, 6) is 1.04. The molecule has 8 nitrogen and oxygen atoms in total. The molecule has 9 heteroatoms. The van der Waals surface area contributed by atoms with Crippen molar-refractivity contribution in [3.05, 3.63) is 69.6 Å². The predicted octanol–water partition coefficient (Wildman–Crippen LogP) is 5.52. The maximum atomic E-state index is 13.5. The molecule has 0 radical (unpaired) electrons. The van der Waals surface area contributed by atoms with Gasteiger partial charge in [0, 0.05) is 24.5 Å². The van der Waals surface area contributed by atoms with Crippen molar-refractivity contribution in [2.45, 2.75) is 71.4 Å². The quantitative estimate of drug-likeness (QED) is 0.323. The SMILES string of the molecule is CCCCc1c(Cl)n(CC2CCCCC2)c(=O)n1Cc1ccc(-c2ccncc2-c2nn[nH]n2)cc1. The van der Waals surface area contributed by atoms with Gasteiger partial charge in [0.05, 0.1) is 12.2 Å². The molecule has 0 aliphatic heterocycles. The summed E-state index contributed by atoms with van der Waals surface area (Å²) in [6, 6.07) is 10.2. The lowest BCUT2D eigenvalue weighted by molar-refractivity contribution is 0.315. The molecule has 0 bridgehead atoms. The van der Waals surface area contributed by atoms with Crippen LogP contribution in [-0.2, 0) is 19.5 Å². The highest BCUT2D eigenvalue weighted by Gasteiger charge is 2.22. The van der Waals surface area contributed by atoms with Crippen molar-refractivity contribution in [1.82, 2.24) is 34.7 Å². The molecule has 0 amide bonds. The van der Waals surface area contributed by atoms with Crippen molar-refractivity contribution >= 4 is 11.6 Å². The molecule has 1 aromatic carbocycles. The van der Waals surface area contributed by atoms with Crippen LogP contribution < -0.4 is 5.69 Å². The summed E-state index contributed by atoms with van der Waals surface area (Å²) >= 11 is 6.84. The van der Waals surface area contributed by atoms with Crippen LogP contribution in [0.4, 0.5) is 0 Å². The van der Waals surface area contributed by atoms with Crippen LogP contribution in [0, 0.1) is 5.92 Å². The highest BCUT2D eigenvalue weighted by Crippen LogP contribution is 2.30. The first-order valence-corrected chi connectivity index (χ1v) is 13.3. The Bertz CT molecular complexity index is 1340. The number of aromatic amines is 1. The Kier molecular flexibility index (Phi) is 7.60. The number of rotatable bonds is 9. The van der Waals surface area contributed by atoms with Gasteiger partial charge in [0.25, 0.3) is 0 Å². The fraction of sp³-hybridized carbons (Fsp3) is 0.444. The van der Waals surface area contributed by atoms with Gasteiger partial charge in [0.2, 0.25) is 5.82 Å². The summed E-state index contributed by atoms with van der Waals surface area (Å²) in [6.45, 7) is 3.39. The van der Waals surface area contributed by atoms with Gasteiger partial charge in [-0.3, -0.25) is 14.1 Å². The van der Waals surface area contributed by atoms with Crippen molar-refractivity contribution in [3.8, 4) is 22.5 Å². The van der Waals surface area contributed by atoms with Gasteiger partial charge in [0.15, 0.2) is 0 Å². The largest absolute Gasteiger partial charge is 0.329 e. The maximum absolute atomic E-state index is 13.5. The van der Waals surface area contributed by atoms with E-state index in [-0.39, 0.29) is 5.69 Å². The molecule has 188 valence electrons. The molecule has 4 aromatic rings. The molecule has 3 heterocycles. The first-order chi connectivity index (χ1) is 17.7. The van der Waals surface area contributed by atoms with E-state index >= 15 is 0 Å². The van der Waals surface area contributed by atoms with Crippen LogP contribution in [-0.4, -0.2) is 34.7 Å². The van der Waals surface area contributed by atoms with Crippen LogP contribution in [0.1, 0.15) is 63.1 Å². The second kappa shape index (κ2) is 11.2. The number of imidazole rings is 1. The smallest absolute Gasteiger partial charge is 0.290 e. The Balaban J connectivity index is 1.42. The molecule has 1 saturated carbocycles. The molecule has 0 saturated heterocycles. The summed E-state index contributed by atoms with van der Waals surface area (Å²) in [7, 11) is 0. The number of nitrogens with one attached hydrogen (secondary N) is 1. The Morgan fingerprint density at radius 3 is 2.58 bits per heavy atom. The Morgan fingerprint density at radius 1 is 1.06 bits per heavy atom. The Labute approximate surface area is 215 Å². The van der Waals surface area contributed by atoms with Crippen LogP contribution >= 0.6 is 11.6 Å². The second-order valence-electron chi connectivity index (χ2n) is 9.68. The van der Waals surface area contributed by atoms with Gasteiger partial charge in [0.1, 0.15) is 5.15 Å². The number of H-pyrrole nitrogens is 1. The average Bonchev–Trinajstić information content (AvgIpc) is 3.53. The van der Waals surface area contributed by atoms with Crippen molar-refractivity contribution in [2.24, 2.45) is 5.92 Å². The molecule has 5 rings (SSSR count). The zero-order valence-corrected chi connectivity index (χ0v) is 21.4. The topological polar surface area (TPSA) is 94.3 Å². The summed E-state index contributed by atoms with van der Waals surface area (Å²) in [6.07, 6.45) is 12.5. The van der Waals surface area contributed by atoms with Crippen LogP contribution in [0.25, 0.3) is 22.5 Å². The minimum atomic E-state index is 0.00859. The number of benzene rings is 1. The van der Waals surface area contributed by atoms with Gasteiger partial charge in [-0.05, 0) is 59.6 Å². The minimum Gasteiger partial charge on any atom is -0.290 e. The third kappa shape index (κ3) is 5.14. The van der Waals surface area contributed by atoms with Crippen LogP contribution in [0.15, 0.2) is 47.5 Å². The lowest BCUT2D eigenvalue weighted by Gasteiger charge is -2.21. The fourth-order valence-electron chi connectivity index (χ4n) is 5.22. The molecule has 3 aromatic heterocycles. The lowest BCUT2D eigenvalue weighted by atomic mass is 9.89. The third-order valence-electron chi connectivity index (χ3n) is 7.21. The number of tetrazole rings is 1. The van der Waals surface area contributed by atoms with Gasteiger partial charge in [-0.2, -0.15) is 5.21 Å². The zero-order chi connectivity index (χ0) is 24.9. The first-order valence-electron chi connectivity index (χ1n) is 12.9. The monoisotopic (exact) mass is 505 g/mol. The van der Waals surface area contributed by atoms with E-state index in [2.05, 4.69) is 56.8 Å². The van der Waals surface area contributed by atoms with Gasteiger partial charge in [-0.1, -0.05) is 68.5 Å². The number of aromatic nitrogens is 7. The summed E-state index contributed by atoms with van der Waals surface area (Å²) in [5.41, 5.74) is 4.82. The Hall–Kier alpha value is -3.26. The van der Waals surface area contributed by atoms with E-state index in [1.54, 1.807) is 12.4 Å². The molecule has 0 spiro atoms. The number of halogens is 1. The normalized spacial score (nSPS) is 14.4. The molecule has 1 fully saturated rings. The number of hydrogen-bond donors (Lipinski definition) is 1. The second-order valence-corrected chi connectivity index (χ2v) is 10.0. The van der Waals surface area contributed by atoms with Crippen molar-refractivity contribution in [2.75, 3.05) is 0 Å². The van der Waals surface area contributed by atoms with Gasteiger partial charge in [-0.25, -0.2) is 4.79 Å². The van der Waals surface area contributed by atoms with Crippen LogP contribution in [0.3, 0.4) is 0 Å². The summed E-state index contributed by atoms with van der Waals surface area (Å²) < 4.78 is 3.71. The molecular weight excluding hydrogens is 474 g/mol. The average molecular weight is 506 g/mol. The van der Waals surface area contributed by atoms with Gasteiger partial charge in [-0.15, -0.1) is 10.2 Å². The van der Waals surface area contributed by atoms with E-state index in [4.69, 9.17) is 11.6 Å². The lowest BCUT2D eigenvalue weighted by Crippen LogP contribution is -2.28. The molecule has 36 heavy (non-hydrogen) atoms. The molecule has 1 aliphatic rings. The first kappa shape index (κ1) is 24.4. The predicted molar refractivity (Wildman–Crippen MR) is 141 cm³/mol. The van der Waals surface area contributed by atoms with Crippen molar-refractivity contribution in [1.29, 1.82) is 0 Å². The van der Waals surface area contributed by atoms with Crippen LogP contribution in [0.5, 0.6) is 0 Å². The highest BCUT2D eigenvalue weighted by molar-refractivity contribution is 6.30. The summed E-state index contributed by atoms with van der Waals surface area (Å²) in [5, 5.41) is 15.0. The van der Waals surface area contributed by atoms with Gasteiger partial charge >= 0.3 is 5.69 Å². The third-order valence-corrected chi connectivity index (χ3v) is 7.63. The zero-order valence-electron chi connectivity index (χ0n) is 20.7. The molecule has 0 atom stereocenters. The van der Waals surface area contributed by atoms with Crippen molar-refractivity contribution < 1.29 is 0 Å². The van der Waals surface area contributed by atoms with E-state index in [1.807, 2.05) is 15.2 Å². The van der Waals surface area contributed by atoms with Gasteiger partial charge < -0.3 is 0 Å². The van der Waals surface area contributed by atoms with Crippen LogP contribution in [0.2, 0.25) is 5.15 Å². The van der Waals surface area contributed by atoms with E-state index in [1.165, 1.54) is 32.1 Å². The highest BCUT2D eigenvalue weighted by atomic mass is 35.5. The molecular formula is C27H32ClN7O. The number of pyridine rings is 1. The number of hydrogen-bond acceptors (Lipinski definition) is 5. The molecule has 1 aliphatic carbocycles. The maximum Gasteiger partial charge on any atom is 0.329 e. The van der Waals surface area contributed by atoms with E-state index in [0.29, 0.717) is 23.4 Å². The number of unbranched alkanes of at least 4 members (excludes halogenated alkanes) is 1. The van der Waals surface area contributed by atoms with E-state index in [9.17, 15) is 4.79 Å². The van der Waals surface area contributed by atoms with Crippen molar-refractivity contribution in [3.63, 3.8) is 0 Å². The summed E-state index contributed by atoms with van der Waals surface area (Å²) in [4.78, 5) is 17.7. The standard InChI is InChI=1S/C27H32ClN7O/c1-2-3-9-24-25(28)35(18-19-7-5-4-6-8-19)27(36)34(24)17-20-10-12-21(13-11-20)22-14-15-29-16-23(22)26-30-32-33-31-26/h10-16,19H,2-9,17-18H2,1H3,(H,30,31,32,33). The number of nitrogens with zero attached hydrogens (tertiary/aromatic N) is 6. The minimum absolute atomic E-state index is 0.00859. The fourth-order valence-corrected chi connectivity index (χ4v) is 5.55.